The summed E-state index contributed by atoms with van der Waals surface area (Å²) in [7, 11) is 1.37. The van der Waals surface area contributed by atoms with Crippen molar-refractivity contribution in [2.24, 2.45) is 41.4 Å². The molecule has 5 aliphatic rings. The van der Waals surface area contributed by atoms with Crippen molar-refractivity contribution in [1.29, 1.82) is 0 Å². The number of nitrogens with zero attached hydrogens (tertiary/aromatic N) is 4. The number of anilines is 1. The van der Waals surface area contributed by atoms with Crippen molar-refractivity contribution < 1.29 is 22.8 Å². The van der Waals surface area contributed by atoms with Gasteiger partial charge in [-0.2, -0.15) is 17.5 Å². The summed E-state index contributed by atoms with van der Waals surface area (Å²) in [6.45, 7) is 8.39. The topological polar surface area (TPSA) is 56.8 Å². The van der Waals surface area contributed by atoms with Crippen LogP contribution < -0.4 is 4.90 Å². The Kier molecular flexibility index (Phi) is 7.61. The van der Waals surface area contributed by atoms with Gasteiger partial charge in [-0.05, 0) is 66.6 Å². The number of aromatic nitrogens is 1. The molecule has 40 heavy (non-hydrogen) atoms. The molecule has 6 nitrogen and oxygen atoms in total. The molecule has 3 aliphatic carbocycles. The monoisotopic (exact) mass is 576 g/mol. The molecule has 10 heteroatoms. The number of carbonyl (C=O) groups is 2. The molecule has 7 rings (SSSR count). The molecule has 2 amide bonds. The van der Waals surface area contributed by atoms with Crippen LogP contribution in [0.1, 0.15) is 45.4 Å². The van der Waals surface area contributed by atoms with Gasteiger partial charge in [-0.1, -0.05) is 38.3 Å². The van der Waals surface area contributed by atoms with Gasteiger partial charge < -0.3 is 4.90 Å². The van der Waals surface area contributed by atoms with Gasteiger partial charge in [0.2, 0.25) is 11.8 Å². The van der Waals surface area contributed by atoms with E-state index in [9.17, 15) is 22.8 Å². The van der Waals surface area contributed by atoms with E-state index in [0.717, 1.165) is 29.8 Å². The first kappa shape index (κ1) is 27.9. The predicted molar refractivity (Wildman–Crippen MR) is 150 cm³/mol. The highest BCUT2D eigenvalue weighted by Gasteiger charge is 2.67. The second-order valence-electron chi connectivity index (χ2n) is 12.6. The number of halogens is 3. The van der Waals surface area contributed by atoms with E-state index in [2.05, 4.69) is 41.0 Å². The third-order valence-corrected chi connectivity index (χ3v) is 11.3. The predicted octanol–water partition coefficient (Wildman–Crippen LogP) is 5.68. The minimum atomic E-state index is -4.24. The number of fused-ring (bicyclic) bond motifs is 6. The number of imide groups is 1. The number of hydrogen-bond acceptors (Lipinski definition) is 6. The van der Waals surface area contributed by atoms with Gasteiger partial charge in [0.05, 0.1) is 22.5 Å². The van der Waals surface area contributed by atoms with Crippen molar-refractivity contribution in [1.82, 2.24) is 14.2 Å². The van der Waals surface area contributed by atoms with Crippen LogP contribution in [0.2, 0.25) is 0 Å². The maximum Gasteiger partial charge on any atom is 0.392 e. The Balaban J connectivity index is 0.000000151. The molecule has 0 N–H and O–H groups in total. The van der Waals surface area contributed by atoms with Crippen molar-refractivity contribution >= 4 is 39.3 Å². The standard InChI is InChI=1S/C19H27N3S.C11H12F3NO2/c1-15-6-2-3-7-16(15)14-21-10-12-22(13-11-21)19-17-8-4-5-9-18(17)23-20-19;1-15-9(16)7-4-2-5(8(7)10(15)17)6(3-4)11(12,13)14/h4-5,8-9,15-16H,2-3,6-7,10-14H2,1H3;4-8H,2-3H2,1H3/t15?,16-;/m0./s1. The van der Waals surface area contributed by atoms with Crippen LogP contribution in [0.3, 0.4) is 0 Å². The lowest BCUT2D eigenvalue weighted by molar-refractivity contribution is -0.193. The number of amides is 2. The molecule has 218 valence electrons. The first-order valence-corrected chi connectivity index (χ1v) is 15.6. The lowest BCUT2D eigenvalue weighted by atomic mass is 9.75. The zero-order valence-corrected chi connectivity index (χ0v) is 24.1. The Bertz CT molecular complexity index is 1240. The molecule has 1 aromatic heterocycles. The lowest BCUT2D eigenvalue weighted by Crippen LogP contribution is -2.48. The summed E-state index contributed by atoms with van der Waals surface area (Å²) in [5, 5.41) is 1.33. The Morgan fingerprint density at radius 2 is 1.68 bits per heavy atom. The number of piperazine rings is 1. The molecule has 3 heterocycles. The van der Waals surface area contributed by atoms with Gasteiger partial charge in [0.25, 0.3) is 0 Å². The zero-order valence-electron chi connectivity index (χ0n) is 23.3. The Labute approximate surface area is 238 Å². The maximum absolute atomic E-state index is 12.8. The number of alkyl halides is 3. The van der Waals surface area contributed by atoms with Gasteiger partial charge in [-0.15, -0.1) is 0 Å². The Hall–Kier alpha value is -2.20. The zero-order chi connectivity index (χ0) is 28.2. The Morgan fingerprint density at radius 3 is 2.40 bits per heavy atom. The molecule has 2 bridgehead atoms. The molecule has 2 saturated heterocycles. The van der Waals surface area contributed by atoms with Crippen LogP contribution in [0, 0.1) is 41.4 Å². The van der Waals surface area contributed by atoms with Gasteiger partial charge in [0, 0.05) is 45.2 Å². The second kappa shape index (κ2) is 10.9. The fourth-order valence-corrected chi connectivity index (χ4v) is 9.02. The molecule has 2 aliphatic heterocycles. The molecule has 6 unspecified atom stereocenters. The normalized spacial score (nSPS) is 34.4. The molecule has 1 aromatic carbocycles. The van der Waals surface area contributed by atoms with Gasteiger partial charge in [-0.25, -0.2) is 0 Å². The van der Waals surface area contributed by atoms with Gasteiger partial charge >= 0.3 is 6.18 Å². The first-order chi connectivity index (χ1) is 19.1. The molecule has 2 aromatic rings. The van der Waals surface area contributed by atoms with Crippen LogP contribution in [0.4, 0.5) is 19.0 Å². The molecular formula is C30H39F3N4O2S. The van der Waals surface area contributed by atoms with Crippen LogP contribution in [0.15, 0.2) is 24.3 Å². The smallest absolute Gasteiger partial charge is 0.353 e. The third kappa shape index (κ3) is 5.03. The fourth-order valence-electron chi connectivity index (χ4n) is 8.22. The fraction of sp³-hybridized carbons (Fsp3) is 0.700. The average Bonchev–Trinajstić information content (AvgIpc) is 3.70. The van der Waals surface area contributed by atoms with Crippen molar-refractivity contribution in [3.8, 4) is 0 Å². The summed E-state index contributed by atoms with van der Waals surface area (Å²) < 4.78 is 44.4. The van der Waals surface area contributed by atoms with Gasteiger partial charge in [0.1, 0.15) is 5.82 Å². The van der Waals surface area contributed by atoms with Crippen LogP contribution in [-0.4, -0.2) is 71.9 Å². The van der Waals surface area contributed by atoms with E-state index in [4.69, 9.17) is 4.37 Å². The van der Waals surface area contributed by atoms with E-state index >= 15 is 0 Å². The lowest BCUT2D eigenvalue weighted by Gasteiger charge is -2.39. The molecule has 0 spiro atoms. The molecule has 0 radical (unpaired) electrons. The van der Waals surface area contributed by atoms with E-state index in [1.165, 1.54) is 68.3 Å². The number of benzene rings is 1. The summed E-state index contributed by atoms with van der Waals surface area (Å²) in [5.41, 5.74) is 0. The van der Waals surface area contributed by atoms with E-state index in [0.29, 0.717) is 6.42 Å². The maximum atomic E-state index is 12.8. The largest absolute Gasteiger partial charge is 0.392 e. The van der Waals surface area contributed by atoms with E-state index in [1.807, 2.05) is 0 Å². The van der Waals surface area contributed by atoms with Crippen molar-refractivity contribution in [3.05, 3.63) is 24.3 Å². The number of likely N-dealkylation sites (tertiary alicyclic amines) is 1. The number of carbonyl (C=O) groups excluding carboxylic acids is 2. The van der Waals surface area contributed by atoms with E-state index in [1.54, 1.807) is 11.5 Å². The van der Waals surface area contributed by atoms with Crippen LogP contribution in [-0.2, 0) is 9.59 Å². The minimum Gasteiger partial charge on any atom is -0.353 e. The highest BCUT2D eigenvalue weighted by atomic mass is 32.1. The highest BCUT2D eigenvalue weighted by Crippen LogP contribution is 2.61. The Morgan fingerprint density at radius 1 is 0.975 bits per heavy atom. The summed E-state index contributed by atoms with van der Waals surface area (Å²) in [6, 6.07) is 8.62. The van der Waals surface area contributed by atoms with Crippen molar-refractivity contribution in [2.75, 3.05) is 44.7 Å². The molecule has 3 saturated carbocycles. The quantitative estimate of drug-likeness (QED) is 0.440. The highest BCUT2D eigenvalue weighted by molar-refractivity contribution is 7.13. The number of rotatable bonds is 3. The van der Waals surface area contributed by atoms with Crippen LogP contribution in [0.5, 0.6) is 0 Å². The third-order valence-electron chi connectivity index (χ3n) is 10.5. The van der Waals surface area contributed by atoms with Crippen LogP contribution >= 0.6 is 11.5 Å². The van der Waals surface area contributed by atoms with Gasteiger partial charge in [-0.3, -0.25) is 19.4 Å². The van der Waals surface area contributed by atoms with Crippen molar-refractivity contribution in [2.45, 2.75) is 51.6 Å². The number of hydrogen-bond donors (Lipinski definition) is 0. The first-order valence-electron chi connectivity index (χ1n) is 14.8. The molecule has 5 fully saturated rings. The summed E-state index contributed by atoms with van der Waals surface area (Å²) in [5.74, 6) is -1.15. The molecular weight excluding hydrogens is 537 g/mol. The average molecular weight is 577 g/mol. The van der Waals surface area contributed by atoms with Crippen LogP contribution in [0.25, 0.3) is 10.1 Å². The van der Waals surface area contributed by atoms with E-state index < -0.39 is 35.8 Å². The SMILES string of the molecule is CC1CCCC[C@H]1CN1CCN(c2nsc3ccccc23)CC1.CN1C(=O)C2C3CC(C2C1=O)C(C(F)(F)F)C3. The summed E-state index contributed by atoms with van der Waals surface area (Å²) >= 11 is 1.63. The van der Waals surface area contributed by atoms with Crippen molar-refractivity contribution in [3.63, 3.8) is 0 Å². The van der Waals surface area contributed by atoms with Gasteiger partial charge in [0.15, 0.2) is 0 Å². The summed E-state index contributed by atoms with van der Waals surface area (Å²) in [4.78, 5) is 29.7. The van der Waals surface area contributed by atoms with E-state index in [-0.39, 0.29) is 18.2 Å². The summed E-state index contributed by atoms with van der Waals surface area (Å²) in [6.07, 6.45) is 1.93. The molecule has 7 atom stereocenters. The second-order valence-corrected chi connectivity index (χ2v) is 13.4. The minimum absolute atomic E-state index is 0.0161.